The first-order valence-corrected chi connectivity index (χ1v) is 12.7. The molecular weight excluding hydrogens is 415 g/mol. The number of halogens is 1. The normalized spacial score (nSPS) is 20.1. The van der Waals surface area contributed by atoms with E-state index in [1.54, 1.807) is 22.5 Å². The Labute approximate surface area is 184 Å². The van der Waals surface area contributed by atoms with Gasteiger partial charge in [-0.15, -0.1) is 0 Å². The Morgan fingerprint density at radius 2 is 1.68 bits per heavy atom. The average molecular weight is 447 g/mol. The maximum Gasteiger partial charge on any atom is 0.218 e. The molecule has 2 aliphatic rings. The summed E-state index contributed by atoms with van der Waals surface area (Å²) in [5.41, 5.74) is 1.92. The fourth-order valence-electron chi connectivity index (χ4n) is 4.67. The first-order chi connectivity index (χ1) is 14.9. The van der Waals surface area contributed by atoms with Crippen molar-refractivity contribution in [2.75, 3.05) is 26.2 Å². The Bertz CT molecular complexity index is 982. The summed E-state index contributed by atoms with van der Waals surface area (Å²) in [5, 5.41) is 0. The van der Waals surface area contributed by atoms with Crippen LogP contribution in [0.2, 0.25) is 0 Å². The summed E-state index contributed by atoms with van der Waals surface area (Å²) >= 11 is 0. The van der Waals surface area contributed by atoms with Crippen molar-refractivity contribution >= 4 is 10.0 Å². The SMILES string of the molecule is Cc1cccc(CS(=O)(=O)N2CCC(N3CCC(Oc4ccccc4F)CC3)CC2)c1. The Hall–Kier alpha value is -1.96. The van der Waals surface area contributed by atoms with Gasteiger partial charge in [-0.05, 0) is 50.3 Å². The summed E-state index contributed by atoms with van der Waals surface area (Å²) in [6.07, 6.45) is 3.46. The lowest BCUT2D eigenvalue weighted by Crippen LogP contribution is -2.50. The highest BCUT2D eigenvalue weighted by molar-refractivity contribution is 7.88. The van der Waals surface area contributed by atoms with Gasteiger partial charge >= 0.3 is 0 Å². The molecule has 0 aliphatic carbocycles. The third kappa shape index (κ3) is 5.64. The molecule has 2 saturated heterocycles. The van der Waals surface area contributed by atoms with Gasteiger partial charge in [-0.3, -0.25) is 0 Å². The number of piperidine rings is 2. The second-order valence-electron chi connectivity index (χ2n) is 8.66. The number of nitrogens with zero attached hydrogens (tertiary/aromatic N) is 2. The van der Waals surface area contributed by atoms with Crippen LogP contribution in [0, 0.1) is 12.7 Å². The van der Waals surface area contributed by atoms with Crippen LogP contribution in [-0.2, 0) is 15.8 Å². The summed E-state index contributed by atoms with van der Waals surface area (Å²) < 4.78 is 47.0. The van der Waals surface area contributed by atoms with Crippen LogP contribution in [-0.4, -0.2) is 55.9 Å². The summed E-state index contributed by atoms with van der Waals surface area (Å²) in [4.78, 5) is 2.45. The minimum absolute atomic E-state index is 0.0305. The van der Waals surface area contributed by atoms with Crippen LogP contribution < -0.4 is 4.74 Å². The monoisotopic (exact) mass is 446 g/mol. The van der Waals surface area contributed by atoms with E-state index in [2.05, 4.69) is 4.90 Å². The molecule has 31 heavy (non-hydrogen) atoms. The van der Waals surface area contributed by atoms with E-state index in [1.165, 1.54) is 6.07 Å². The van der Waals surface area contributed by atoms with Gasteiger partial charge in [0.2, 0.25) is 10.0 Å². The van der Waals surface area contributed by atoms with Gasteiger partial charge in [0.15, 0.2) is 11.6 Å². The summed E-state index contributed by atoms with van der Waals surface area (Å²) in [6.45, 7) is 4.93. The molecule has 168 valence electrons. The number of hydrogen-bond acceptors (Lipinski definition) is 4. The third-order valence-corrected chi connectivity index (χ3v) is 8.22. The highest BCUT2D eigenvalue weighted by Crippen LogP contribution is 2.26. The first kappa shape index (κ1) is 22.2. The zero-order valence-corrected chi connectivity index (χ0v) is 18.9. The van der Waals surface area contributed by atoms with Crippen molar-refractivity contribution < 1.29 is 17.5 Å². The van der Waals surface area contributed by atoms with Crippen LogP contribution in [0.1, 0.15) is 36.8 Å². The standard InChI is InChI=1S/C24H31FN2O3S/c1-19-5-4-6-20(17-19)18-31(28,29)27-15-9-21(10-16-27)26-13-11-22(12-14-26)30-24-8-3-2-7-23(24)25/h2-8,17,21-22H,9-16,18H2,1H3. The Morgan fingerprint density at radius 1 is 0.968 bits per heavy atom. The third-order valence-electron chi connectivity index (χ3n) is 6.37. The Balaban J connectivity index is 1.25. The lowest BCUT2D eigenvalue weighted by Gasteiger charge is -2.41. The molecule has 7 heteroatoms. The minimum Gasteiger partial charge on any atom is -0.487 e. The topological polar surface area (TPSA) is 49.9 Å². The summed E-state index contributed by atoms with van der Waals surface area (Å²) in [7, 11) is -3.30. The molecule has 4 rings (SSSR count). The van der Waals surface area contributed by atoms with Crippen molar-refractivity contribution in [1.29, 1.82) is 0 Å². The van der Waals surface area contributed by atoms with Crippen LogP contribution >= 0.6 is 0 Å². The smallest absolute Gasteiger partial charge is 0.218 e. The molecule has 0 saturated carbocycles. The fraction of sp³-hybridized carbons (Fsp3) is 0.500. The van der Waals surface area contributed by atoms with E-state index in [4.69, 9.17) is 4.74 Å². The van der Waals surface area contributed by atoms with Gasteiger partial charge in [0.1, 0.15) is 6.10 Å². The molecule has 0 atom stereocenters. The van der Waals surface area contributed by atoms with Crippen molar-refractivity contribution in [1.82, 2.24) is 9.21 Å². The maximum absolute atomic E-state index is 13.8. The number of ether oxygens (including phenoxy) is 1. The predicted octanol–water partition coefficient (Wildman–Crippen LogP) is 3.97. The van der Waals surface area contributed by atoms with Crippen LogP contribution in [0.15, 0.2) is 48.5 Å². The lowest BCUT2D eigenvalue weighted by molar-refractivity contribution is 0.0567. The average Bonchev–Trinajstić information content (AvgIpc) is 2.76. The molecule has 2 fully saturated rings. The molecule has 0 amide bonds. The molecule has 0 radical (unpaired) electrons. The largest absolute Gasteiger partial charge is 0.487 e. The molecule has 0 unspecified atom stereocenters. The number of likely N-dealkylation sites (tertiary alicyclic amines) is 1. The fourth-order valence-corrected chi connectivity index (χ4v) is 6.22. The van der Waals surface area contributed by atoms with Crippen LogP contribution in [0.25, 0.3) is 0 Å². The van der Waals surface area contributed by atoms with Crippen molar-refractivity contribution in [3.8, 4) is 5.75 Å². The van der Waals surface area contributed by atoms with E-state index in [1.807, 2.05) is 31.2 Å². The molecule has 0 N–H and O–H groups in total. The molecule has 0 spiro atoms. The number of para-hydroxylation sites is 1. The van der Waals surface area contributed by atoms with Gasteiger partial charge in [0.25, 0.3) is 0 Å². The van der Waals surface area contributed by atoms with Gasteiger partial charge in [0.05, 0.1) is 5.75 Å². The molecular formula is C24H31FN2O3S. The van der Waals surface area contributed by atoms with Crippen LogP contribution in [0.4, 0.5) is 4.39 Å². The van der Waals surface area contributed by atoms with Crippen molar-refractivity contribution in [3.63, 3.8) is 0 Å². The van der Waals surface area contributed by atoms with Gasteiger partial charge in [-0.1, -0.05) is 42.0 Å². The quantitative estimate of drug-likeness (QED) is 0.674. The van der Waals surface area contributed by atoms with Gasteiger partial charge in [-0.2, -0.15) is 0 Å². The van der Waals surface area contributed by atoms with E-state index < -0.39 is 10.0 Å². The van der Waals surface area contributed by atoms with E-state index in [9.17, 15) is 12.8 Å². The first-order valence-electron chi connectivity index (χ1n) is 11.1. The van der Waals surface area contributed by atoms with Crippen molar-refractivity contribution in [3.05, 3.63) is 65.5 Å². The molecule has 0 bridgehead atoms. The van der Waals surface area contributed by atoms with E-state index in [0.29, 0.717) is 24.9 Å². The number of hydrogen-bond donors (Lipinski definition) is 0. The zero-order chi connectivity index (χ0) is 21.8. The maximum atomic E-state index is 13.8. The highest BCUT2D eigenvalue weighted by Gasteiger charge is 2.32. The molecule has 0 aromatic heterocycles. The predicted molar refractivity (Wildman–Crippen MR) is 120 cm³/mol. The number of sulfonamides is 1. The van der Waals surface area contributed by atoms with Gasteiger partial charge in [0, 0.05) is 32.2 Å². The highest BCUT2D eigenvalue weighted by atomic mass is 32.2. The number of benzene rings is 2. The molecule has 5 nitrogen and oxygen atoms in total. The van der Waals surface area contributed by atoms with Crippen LogP contribution in [0.3, 0.4) is 0 Å². The van der Waals surface area contributed by atoms with Crippen molar-refractivity contribution in [2.45, 2.75) is 50.5 Å². The van der Waals surface area contributed by atoms with Gasteiger partial charge in [-0.25, -0.2) is 17.1 Å². The second-order valence-corrected chi connectivity index (χ2v) is 10.6. The number of aryl methyl sites for hydroxylation is 1. The summed E-state index contributed by atoms with van der Waals surface area (Å²) in [5.74, 6) is 0.0789. The zero-order valence-electron chi connectivity index (χ0n) is 18.0. The molecule has 2 aromatic carbocycles. The lowest BCUT2D eigenvalue weighted by atomic mass is 10.00. The second kappa shape index (κ2) is 9.67. The Kier molecular flexibility index (Phi) is 6.94. The molecule has 2 aliphatic heterocycles. The summed E-state index contributed by atoms with van der Waals surface area (Å²) in [6, 6.07) is 14.7. The Morgan fingerprint density at radius 3 is 2.35 bits per heavy atom. The van der Waals surface area contributed by atoms with Crippen molar-refractivity contribution in [2.24, 2.45) is 0 Å². The van der Waals surface area contributed by atoms with E-state index in [0.717, 1.165) is 49.9 Å². The number of rotatable bonds is 6. The molecule has 2 heterocycles. The van der Waals surface area contributed by atoms with E-state index >= 15 is 0 Å². The van der Waals surface area contributed by atoms with Gasteiger partial charge < -0.3 is 9.64 Å². The van der Waals surface area contributed by atoms with Crippen LogP contribution in [0.5, 0.6) is 5.75 Å². The minimum atomic E-state index is -3.30. The van der Waals surface area contributed by atoms with E-state index in [-0.39, 0.29) is 17.7 Å². The molecule has 2 aromatic rings.